The van der Waals surface area contributed by atoms with Gasteiger partial charge in [0.1, 0.15) is 5.76 Å². The number of likely N-dealkylation sites (N-methyl/N-ethyl adjacent to an activating group) is 1. The van der Waals surface area contributed by atoms with E-state index in [1.165, 1.54) is 14.2 Å². The van der Waals surface area contributed by atoms with Crippen LogP contribution in [0.25, 0.3) is 16.5 Å². The van der Waals surface area contributed by atoms with Crippen LogP contribution >= 0.6 is 11.6 Å². The molecule has 0 fully saturated rings. The number of ether oxygens (including phenoxy) is 2. The number of ketones is 1. The molecule has 0 bridgehead atoms. The molecule has 0 aliphatic carbocycles. The number of rotatable bonds is 9. The standard InChI is InChI=1S/C32H31ClN2O5/c1-4-35-26-18-29(40-3)28(39-2)16-23(26)31(37)30(32(35)38)27(36)17-25(20-12-14-21(33)15-13-20)34-24-11-7-9-19-8-5-6-10-22(19)24/h5-16,18,25,32,34,37-38H,4,17H2,1-3H3. The Morgan fingerprint density at radius 3 is 2.38 bits per heavy atom. The van der Waals surface area contributed by atoms with E-state index in [-0.39, 0.29) is 17.8 Å². The number of nitrogens with zero attached hydrogens (tertiary/aromatic N) is 1. The Labute approximate surface area is 238 Å². The number of fused-ring (bicyclic) bond motifs is 2. The average Bonchev–Trinajstić information content (AvgIpc) is 2.97. The first-order valence-corrected chi connectivity index (χ1v) is 13.4. The number of halogens is 1. The van der Waals surface area contributed by atoms with Gasteiger partial charge >= 0.3 is 0 Å². The van der Waals surface area contributed by atoms with Crippen LogP contribution in [0.15, 0.2) is 84.4 Å². The third-order valence-corrected chi connectivity index (χ3v) is 7.55. The first-order chi connectivity index (χ1) is 19.4. The van der Waals surface area contributed by atoms with E-state index in [4.69, 9.17) is 21.1 Å². The lowest BCUT2D eigenvalue weighted by Crippen LogP contribution is -2.42. The monoisotopic (exact) mass is 558 g/mol. The summed E-state index contributed by atoms with van der Waals surface area (Å²) in [5.74, 6) is 0.190. The number of benzene rings is 4. The van der Waals surface area contributed by atoms with E-state index in [1.807, 2.05) is 61.5 Å². The topological polar surface area (TPSA) is 91.3 Å². The highest BCUT2D eigenvalue weighted by atomic mass is 35.5. The number of hydrogen-bond acceptors (Lipinski definition) is 7. The van der Waals surface area contributed by atoms with Gasteiger partial charge in [0.2, 0.25) is 0 Å². The molecule has 1 aliphatic rings. The van der Waals surface area contributed by atoms with E-state index in [9.17, 15) is 15.0 Å². The van der Waals surface area contributed by atoms with Crippen LogP contribution < -0.4 is 19.7 Å². The zero-order chi connectivity index (χ0) is 28.4. The van der Waals surface area contributed by atoms with Crippen LogP contribution in [0.4, 0.5) is 11.4 Å². The summed E-state index contributed by atoms with van der Waals surface area (Å²) in [4.78, 5) is 15.6. The lowest BCUT2D eigenvalue weighted by Gasteiger charge is -2.36. The van der Waals surface area contributed by atoms with Crippen LogP contribution in [0, 0.1) is 0 Å². The maximum atomic E-state index is 13.9. The highest BCUT2D eigenvalue weighted by Crippen LogP contribution is 2.43. The zero-order valence-electron chi connectivity index (χ0n) is 22.5. The van der Waals surface area contributed by atoms with Crippen molar-refractivity contribution in [1.82, 2.24) is 0 Å². The highest BCUT2D eigenvalue weighted by molar-refractivity contribution is 6.30. The van der Waals surface area contributed by atoms with Crippen LogP contribution in [0.3, 0.4) is 0 Å². The van der Waals surface area contributed by atoms with Crippen LogP contribution in [-0.2, 0) is 4.79 Å². The summed E-state index contributed by atoms with van der Waals surface area (Å²) in [7, 11) is 3.02. The number of nitrogens with one attached hydrogen (secondary N) is 1. The fraction of sp³-hybridized carbons (Fsp3) is 0.219. The Hall–Kier alpha value is -4.20. The van der Waals surface area contributed by atoms with E-state index in [1.54, 1.807) is 29.2 Å². The van der Waals surface area contributed by atoms with E-state index < -0.39 is 18.1 Å². The maximum absolute atomic E-state index is 13.9. The van der Waals surface area contributed by atoms with Gasteiger partial charge in [-0.2, -0.15) is 0 Å². The molecule has 1 heterocycles. The van der Waals surface area contributed by atoms with E-state index in [0.717, 1.165) is 22.0 Å². The smallest absolute Gasteiger partial charge is 0.169 e. The molecule has 206 valence electrons. The summed E-state index contributed by atoms with van der Waals surface area (Å²) < 4.78 is 10.9. The molecule has 1 aliphatic heterocycles. The minimum absolute atomic E-state index is 0.0263. The fourth-order valence-electron chi connectivity index (χ4n) is 5.25. The number of carbonyl (C=O) groups is 1. The quantitative estimate of drug-likeness (QED) is 0.209. The molecule has 0 spiro atoms. The van der Waals surface area contributed by atoms with Crippen molar-refractivity contribution < 1.29 is 24.5 Å². The van der Waals surface area contributed by atoms with Gasteiger partial charge in [-0.25, -0.2) is 0 Å². The Bertz CT molecular complexity index is 1580. The van der Waals surface area contributed by atoms with Crippen molar-refractivity contribution in [2.75, 3.05) is 31.0 Å². The second kappa shape index (κ2) is 11.5. The summed E-state index contributed by atoms with van der Waals surface area (Å²) in [6.07, 6.45) is -1.37. The molecule has 0 saturated heterocycles. The molecule has 0 saturated carbocycles. The number of aliphatic hydroxyl groups is 2. The summed E-state index contributed by atoms with van der Waals surface area (Å²) in [6, 6.07) is 24.1. The number of methoxy groups -OCH3 is 2. The number of hydrogen-bond donors (Lipinski definition) is 3. The molecule has 8 heteroatoms. The van der Waals surface area contributed by atoms with Crippen molar-refractivity contribution >= 4 is 45.3 Å². The second-order valence-corrected chi connectivity index (χ2v) is 9.99. The molecule has 2 atom stereocenters. The maximum Gasteiger partial charge on any atom is 0.169 e. The minimum atomic E-state index is -1.34. The summed E-state index contributed by atoms with van der Waals surface area (Å²) in [6.45, 7) is 2.26. The summed E-state index contributed by atoms with van der Waals surface area (Å²) in [5, 5.41) is 28.9. The predicted molar refractivity (Wildman–Crippen MR) is 160 cm³/mol. The van der Waals surface area contributed by atoms with E-state index >= 15 is 0 Å². The largest absolute Gasteiger partial charge is 0.507 e. The number of carbonyl (C=O) groups excluding carboxylic acids is 1. The molecule has 7 nitrogen and oxygen atoms in total. The van der Waals surface area contributed by atoms with Gasteiger partial charge in [0.05, 0.1) is 31.5 Å². The normalized spacial score (nSPS) is 15.5. The van der Waals surface area contributed by atoms with Gasteiger partial charge in [-0.05, 0) is 42.1 Å². The average molecular weight is 559 g/mol. The van der Waals surface area contributed by atoms with Crippen LogP contribution in [0.2, 0.25) is 5.02 Å². The third kappa shape index (κ3) is 5.06. The molecule has 2 unspecified atom stereocenters. The number of aliphatic hydroxyl groups excluding tert-OH is 2. The zero-order valence-corrected chi connectivity index (χ0v) is 23.3. The SMILES string of the molecule is CCN1c2cc(OC)c(OC)cc2C(O)=C(C(=O)CC(Nc2cccc3ccccc23)c2ccc(Cl)cc2)C1O. The van der Waals surface area contributed by atoms with Gasteiger partial charge in [0.25, 0.3) is 0 Å². The summed E-state index contributed by atoms with van der Waals surface area (Å²) >= 11 is 6.16. The van der Waals surface area contributed by atoms with Crippen molar-refractivity contribution in [2.45, 2.75) is 25.6 Å². The Balaban J connectivity index is 1.56. The van der Waals surface area contributed by atoms with Gasteiger partial charge in [0.15, 0.2) is 23.5 Å². The van der Waals surface area contributed by atoms with Crippen LogP contribution in [-0.4, -0.2) is 43.0 Å². The van der Waals surface area contributed by atoms with Crippen LogP contribution in [0.1, 0.15) is 30.5 Å². The molecule has 40 heavy (non-hydrogen) atoms. The summed E-state index contributed by atoms with van der Waals surface area (Å²) in [5.41, 5.74) is 2.57. The minimum Gasteiger partial charge on any atom is -0.507 e. The molecule has 0 aromatic heterocycles. The van der Waals surface area contributed by atoms with Gasteiger partial charge in [-0.15, -0.1) is 0 Å². The second-order valence-electron chi connectivity index (χ2n) is 9.55. The van der Waals surface area contributed by atoms with Crippen LogP contribution in [0.5, 0.6) is 11.5 Å². The predicted octanol–water partition coefficient (Wildman–Crippen LogP) is 6.75. The number of anilines is 2. The molecular formula is C32H31ClN2O5. The molecule has 3 N–H and O–H groups in total. The van der Waals surface area contributed by atoms with Crippen molar-refractivity contribution in [3.63, 3.8) is 0 Å². The number of Topliss-reactive ketones (excluding diaryl/α,β-unsaturated/α-hetero) is 1. The first-order valence-electron chi connectivity index (χ1n) is 13.0. The van der Waals surface area contributed by atoms with Crippen molar-refractivity contribution in [3.8, 4) is 11.5 Å². The third-order valence-electron chi connectivity index (χ3n) is 7.30. The molecule has 4 aromatic carbocycles. The molecular weight excluding hydrogens is 528 g/mol. The Morgan fingerprint density at radius 1 is 1.00 bits per heavy atom. The van der Waals surface area contributed by atoms with Crippen molar-refractivity contribution in [3.05, 3.63) is 101 Å². The Morgan fingerprint density at radius 2 is 1.68 bits per heavy atom. The van der Waals surface area contributed by atoms with Gasteiger partial charge < -0.3 is 29.9 Å². The van der Waals surface area contributed by atoms with Crippen molar-refractivity contribution in [2.24, 2.45) is 0 Å². The van der Waals surface area contributed by atoms with E-state index in [0.29, 0.717) is 34.3 Å². The molecule has 0 amide bonds. The van der Waals surface area contributed by atoms with Gasteiger partial charge in [-0.3, -0.25) is 4.79 Å². The fourth-order valence-corrected chi connectivity index (χ4v) is 5.38. The molecule has 0 radical (unpaired) electrons. The lowest BCUT2D eigenvalue weighted by atomic mass is 9.91. The van der Waals surface area contributed by atoms with Crippen molar-refractivity contribution in [1.29, 1.82) is 0 Å². The Kier molecular flexibility index (Phi) is 7.87. The van der Waals surface area contributed by atoms with Gasteiger partial charge in [-0.1, -0.05) is 60.1 Å². The first kappa shape index (κ1) is 27.4. The highest BCUT2D eigenvalue weighted by Gasteiger charge is 2.37. The van der Waals surface area contributed by atoms with E-state index in [2.05, 4.69) is 5.32 Å². The molecule has 5 rings (SSSR count). The lowest BCUT2D eigenvalue weighted by molar-refractivity contribution is -0.116. The van der Waals surface area contributed by atoms with Gasteiger partial charge in [0, 0.05) is 40.7 Å². The molecule has 4 aromatic rings.